The number of pyridine rings is 1. The molecule has 2 aromatic heterocycles. The molecule has 4 aliphatic rings. The Balaban J connectivity index is 1.29. The standard InChI is InChI=1S/C31H30ClF3N6O/c32-23-4-1-3-17-11-36-14-22(25(17)23)26-24(34)9-21-28(27(26)35)38-30(39-29(21)41-19-5-6-20(41)13-37-12-19)42-16-31-7-2-8-40(31)15-18(33)10-31/h1,3-4,9,11,14,18-20,37H,2,5-8,10,12-13,15-16H2/t18-,19-,20+,31+/m1/s1. The minimum Gasteiger partial charge on any atom is -0.461 e. The highest BCUT2D eigenvalue weighted by Gasteiger charge is 2.49. The summed E-state index contributed by atoms with van der Waals surface area (Å²) in [6, 6.07) is 6.90. The Kier molecular flexibility index (Phi) is 6.24. The zero-order valence-electron chi connectivity index (χ0n) is 22.9. The van der Waals surface area contributed by atoms with E-state index in [1.54, 1.807) is 24.4 Å². The first kappa shape index (κ1) is 26.4. The van der Waals surface area contributed by atoms with Crippen LogP contribution in [-0.2, 0) is 0 Å². The van der Waals surface area contributed by atoms with Gasteiger partial charge in [-0.05, 0) is 44.4 Å². The molecule has 0 amide bonds. The molecule has 0 aliphatic carbocycles. The molecule has 2 aromatic carbocycles. The van der Waals surface area contributed by atoms with Gasteiger partial charge >= 0.3 is 6.01 Å². The number of nitrogens with one attached hydrogen (secondary N) is 1. The zero-order valence-corrected chi connectivity index (χ0v) is 23.7. The molecule has 6 heterocycles. The topological polar surface area (TPSA) is 66.4 Å². The molecule has 11 heteroatoms. The lowest BCUT2D eigenvalue weighted by Crippen LogP contribution is -2.52. The van der Waals surface area contributed by atoms with E-state index < -0.39 is 23.3 Å². The van der Waals surface area contributed by atoms with Crippen LogP contribution in [-0.4, -0.2) is 76.4 Å². The monoisotopic (exact) mass is 594 g/mol. The van der Waals surface area contributed by atoms with Gasteiger partial charge in [0.1, 0.15) is 29.9 Å². The molecule has 0 unspecified atom stereocenters. The number of aromatic nitrogens is 3. The van der Waals surface area contributed by atoms with Crippen LogP contribution in [0.3, 0.4) is 0 Å². The first-order valence-corrected chi connectivity index (χ1v) is 15.0. The number of alkyl halides is 1. The first-order valence-electron chi connectivity index (χ1n) is 14.7. The minimum absolute atomic E-state index is 0.0181. The van der Waals surface area contributed by atoms with E-state index in [0.29, 0.717) is 40.0 Å². The van der Waals surface area contributed by atoms with Gasteiger partial charge in [-0.25, -0.2) is 13.2 Å². The smallest absolute Gasteiger partial charge is 0.319 e. The summed E-state index contributed by atoms with van der Waals surface area (Å²) in [4.78, 5) is 17.9. The molecule has 0 saturated carbocycles. The fraction of sp³-hybridized carbons (Fsp3) is 0.452. The van der Waals surface area contributed by atoms with Crippen LogP contribution in [0.5, 0.6) is 6.01 Å². The predicted molar refractivity (Wildman–Crippen MR) is 156 cm³/mol. The second kappa shape index (κ2) is 9.92. The predicted octanol–water partition coefficient (Wildman–Crippen LogP) is 5.67. The van der Waals surface area contributed by atoms with Gasteiger partial charge in [0.25, 0.3) is 0 Å². The second-order valence-electron chi connectivity index (χ2n) is 12.1. The maximum absolute atomic E-state index is 16.7. The number of anilines is 1. The fourth-order valence-corrected chi connectivity index (χ4v) is 8.10. The summed E-state index contributed by atoms with van der Waals surface area (Å²) in [6.07, 6.45) is 6.26. The van der Waals surface area contributed by atoms with E-state index in [-0.39, 0.29) is 41.3 Å². The molecular formula is C31H30ClF3N6O. The lowest BCUT2D eigenvalue weighted by Gasteiger charge is -2.37. The molecule has 4 saturated heterocycles. The lowest BCUT2D eigenvalue weighted by atomic mass is 9.95. The Morgan fingerprint density at radius 3 is 2.79 bits per heavy atom. The van der Waals surface area contributed by atoms with Crippen LogP contribution in [0.15, 0.2) is 36.7 Å². The van der Waals surface area contributed by atoms with E-state index in [0.717, 1.165) is 45.3 Å². The zero-order chi connectivity index (χ0) is 28.6. The average molecular weight is 595 g/mol. The van der Waals surface area contributed by atoms with Crippen LogP contribution >= 0.6 is 11.6 Å². The van der Waals surface area contributed by atoms with Crippen LogP contribution in [0.25, 0.3) is 32.8 Å². The van der Waals surface area contributed by atoms with Crippen molar-refractivity contribution in [3.63, 3.8) is 0 Å². The number of rotatable bonds is 5. The number of hydrogen-bond donors (Lipinski definition) is 1. The highest BCUT2D eigenvalue weighted by Crippen LogP contribution is 2.43. The summed E-state index contributed by atoms with van der Waals surface area (Å²) in [5.41, 5.74) is -0.433. The third kappa shape index (κ3) is 4.06. The largest absolute Gasteiger partial charge is 0.461 e. The number of nitrogens with zero attached hydrogens (tertiary/aromatic N) is 5. The van der Waals surface area contributed by atoms with Crippen LogP contribution in [0, 0.1) is 11.6 Å². The molecule has 4 fully saturated rings. The van der Waals surface area contributed by atoms with Gasteiger partial charge in [-0.15, -0.1) is 0 Å². The summed E-state index contributed by atoms with van der Waals surface area (Å²) in [5, 5.41) is 5.30. The Morgan fingerprint density at radius 2 is 1.95 bits per heavy atom. The maximum atomic E-state index is 16.7. The summed E-state index contributed by atoms with van der Waals surface area (Å²) in [6.45, 7) is 2.97. The van der Waals surface area contributed by atoms with Crippen LogP contribution < -0.4 is 15.0 Å². The summed E-state index contributed by atoms with van der Waals surface area (Å²) in [5.74, 6) is -1.09. The maximum Gasteiger partial charge on any atom is 0.319 e. The van der Waals surface area contributed by atoms with Crippen molar-refractivity contribution < 1.29 is 17.9 Å². The number of piperazine rings is 1. The molecule has 218 valence electrons. The van der Waals surface area contributed by atoms with Gasteiger partial charge in [-0.2, -0.15) is 9.97 Å². The van der Waals surface area contributed by atoms with E-state index in [2.05, 4.69) is 25.1 Å². The van der Waals surface area contributed by atoms with Crippen molar-refractivity contribution in [3.05, 3.63) is 53.3 Å². The Labute approximate surface area is 246 Å². The molecule has 4 aliphatic heterocycles. The van der Waals surface area contributed by atoms with Gasteiger partial charge in [0.05, 0.1) is 11.1 Å². The summed E-state index contributed by atoms with van der Waals surface area (Å²) in [7, 11) is 0. The fourth-order valence-electron chi connectivity index (χ4n) is 7.82. The lowest BCUT2D eigenvalue weighted by molar-refractivity contribution is 0.107. The number of halogens is 4. The van der Waals surface area contributed by atoms with Crippen LogP contribution in [0.2, 0.25) is 5.02 Å². The van der Waals surface area contributed by atoms with Crippen molar-refractivity contribution in [2.45, 2.75) is 55.9 Å². The Hall–Kier alpha value is -3.21. The van der Waals surface area contributed by atoms with Crippen molar-refractivity contribution >= 4 is 39.1 Å². The molecule has 7 nitrogen and oxygen atoms in total. The van der Waals surface area contributed by atoms with Crippen molar-refractivity contribution in [2.24, 2.45) is 0 Å². The van der Waals surface area contributed by atoms with E-state index >= 15 is 8.78 Å². The number of ether oxygens (including phenoxy) is 1. The quantitative estimate of drug-likeness (QED) is 0.319. The highest BCUT2D eigenvalue weighted by molar-refractivity contribution is 6.36. The molecule has 4 aromatic rings. The molecule has 0 spiro atoms. The summed E-state index contributed by atoms with van der Waals surface area (Å²) < 4.78 is 53.4. The van der Waals surface area contributed by atoms with E-state index in [4.69, 9.17) is 21.3 Å². The Bertz CT molecular complexity index is 1700. The van der Waals surface area contributed by atoms with Crippen molar-refractivity contribution in [1.29, 1.82) is 0 Å². The van der Waals surface area contributed by atoms with Crippen molar-refractivity contribution in [2.75, 3.05) is 37.7 Å². The van der Waals surface area contributed by atoms with Gasteiger partial charge in [0.2, 0.25) is 0 Å². The van der Waals surface area contributed by atoms with Crippen molar-refractivity contribution in [3.8, 4) is 17.1 Å². The molecule has 8 rings (SSSR count). The molecule has 4 atom stereocenters. The molecular weight excluding hydrogens is 565 g/mol. The average Bonchev–Trinajstić information content (AvgIpc) is 3.58. The molecule has 2 bridgehead atoms. The summed E-state index contributed by atoms with van der Waals surface area (Å²) >= 11 is 6.52. The SMILES string of the molecule is Fc1cc2c(N3[C@@H]4CC[C@H]3CNC4)nc(OC[C@@]34CCCN3C[C@H](F)C4)nc2c(F)c1-c1cncc2cccc(Cl)c12. The van der Waals surface area contributed by atoms with Crippen LogP contribution in [0.1, 0.15) is 32.1 Å². The Morgan fingerprint density at radius 1 is 1.12 bits per heavy atom. The van der Waals surface area contributed by atoms with E-state index in [1.807, 2.05) is 0 Å². The third-order valence-electron chi connectivity index (χ3n) is 9.70. The first-order chi connectivity index (χ1) is 20.4. The van der Waals surface area contributed by atoms with E-state index in [1.165, 1.54) is 12.3 Å². The highest BCUT2D eigenvalue weighted by atomic mass is 35.5. The molecule has 0 radical (unpaired) electrons. The number of benzene rings is 2. The minimum atomic E-state index is -0.900. The second-order valence-corrected chi connectivity index (χ2v) is 12.5. The third-order valence-corrected chi connectivity index (χ3v) is 10.0. The van der Waals surface area contributed by atoms with E-state index in [9.17, 15) is 4.39 Å². The van der Waals surface area contributed by atoms with Gasteiger partial charge in [-0.1, -0.05) is 23.7 Å². The molecule has 1 N–H and O–H groups in total. The molecule has 42 heavy (non-hydrogen) atoms. The van der Waals surface area contributed by atoms with Crippen molar-refractivity contribution in [1.82, 2.24) is 25.2 Å². The van der Waals surface area contributed by atoms with Gasteiger partial charge in [0.15, 0.2) is 5.82 Å². The van der Waals surface area contributed by atoms with Gasteiger partial charge in [0, 0.05) is 77.3 Å². The van der Waals surface area contributed by atoms with Crippen LogP contribution in [0.4, 0.5) is 19.0 Å². The number of fused-ring (bicyclic) bond motifs is 5. The van der Waals surface area contributed by atoms with Gasteiger partial charge in [-0.3, -0.25) is 9.88 Å². The normalized spacial score (nSPS) is 27.3. The number of hydrogen-bond acceptors (Lipinski definition) is 7. The van der Waals surface area contributed by atoms with Gasteiger partial charge < -0.3 is 15.0 Å².